The molecule has 0 amide bonds. The lowest BCUT2D eigenvalue weighted by Crippen LogP contribution is -1.99. The van der Waals surface area contributed by atoms with E-state index in [9.17, 15) is 5.11 Å². The quantitative estimate of drug-likeness (QED) is 0.901. The third kappa shape index (κ3) is 2.56. The lowest BCUT2D eigenvalue weighted by molar-refractivity contribution is 0.223. The van der Waals surface area contributed by atoms with Gasteiger partial charge in [-0.05, 0) is 31.4 Å². The second-order valence-corrected chi connectivity index (χ2v) is 5.41. The number of aliphatic hydroxyl groups is 1. The summed E-state index contributed by atoms with van der Waals surface area (Å²) in [6.07, 6.45) is 0.474. The van der Waals surface area contributed by atoms with Gasteiger partial charge in [0.1, 0.15) is 6.10 Å². The molecular formula is C14H17NOS. The van der Waals surface area contributed by atoms with Crippen LogP contribution in [0.1, 0.15) is 39.7 Å². The van der Waals surface area contributed by atoms with Crippen molar-refractivity contribution in [1.82, 2.24) is 4.98 Å². The second-order valence-electron chi connectivity index (χ2n) is 4.18. The summed E-state index contributed by atoms with van der Waals surface area (Å²) in [4.78, 5) is 5.30. The predicted molar refractivity (Wildman–Crippen MR) is 71.5 cm³/mol. The fourth-order valence-corrected chi connectivity index (χ4v) is 2.83. The van der Waals surface area contributed by atoms with Gasteiger partial charge in [-0.3, -0.25) is 0 Å². The SMILES string of the molecule is CCc1ccc(C(O)c2sc(C)nc2C)cc1. The van der Waals surface area contributed by atoms with Gasteiger partial charge in [0.25, 0.3) is 0 Å². The van der Waals surface area contributed by atoms with Crippen LogP contribution in [0, 0.1) is 13.8 Å². The molecule has 0 fully saturated rings. The first-order valence-electron chi connectivity index (χ1n) is 5.82. The lowest BCUT2D eigenvalue weighted by atomic mass is 10.0. The molecule has 2 rings (SSSR count). The van der Waals surface area contributed by atoms with Crippen LogP contribution in [0.25, 0.3) is 0 Å². The van der Waals surface area contributed by atoms with Gasteiger partial charge >= 0.3 is 0 Å². The van der Waals surface area contributed by atoms with Crippen molar-refractivity contribution < 1.29 is 5.11 Å². The topological polar surface area (TPSA) is 33.1 Å². The normalized spacial score (nSPS) is 12.7. The highest BCUT2D eigenvalue weighted by Gasteiger charge is 2.16. The lowest BCUT2D eigenvalue weighted by Gasteiger charge is -2.10. The standard InChI is InChI=1S/C14H17NOS/c1-4-11-5-7-12(8-6-11)13(16)14-9(2)15-10(3)17-14/h5-8,13,16H,4H2,1-3H3. The summed E-state index contributed by atoms with van der Waals surface area (Å²) in [5.41, 5.74) is 3.16. The van der Waals surface area contributed by atoms with Crippen LogP contribution in [-0.4, -0.2) is 10.1 Å². The Labute approximate surface area is 106 Å². The minimum absolute atomic E-state index is 0.549. The van der Waals surface area contributed by atoms with E-state index in [2.05, 4.69) is 24.0 Å². The van der Waals surface area contributed by atoms with Gasteiger partial charge in [-0.25, -0.2) is 4.98 Å². The zero-order valence-electron chi connectivity index (χ0n) is 10.4. The number of rotatable bonds is 3. The third-order valence-electron chi connectivity index (χ3n) is 2.89. The van der Waals surface area contributed by atoms with Crippen molar-refractivity contribution in [3.8, 4) is 0 Å². The van der Waals surface area contributed by atoms with E-state index >= 15 is 0 Å². The van der Waals surface area contributed by atoms with Gasteiger partial charge in [-0.15, -0.1) is 11.3 Å². The number of aryl methyl sites for hydroxylation is 3. The third-order valence-corrected chi connectivity index (χ3v) is 4.02. The molecule has 0 radical (unpaired) electrons. The number of aromatic nitrogens is 1. The molecule has 0 aliphatic rings. The van der Waals surface area contributed by atoms with Crippen molar-refractivity contribution in [2.75, 3.05) is 0 Å². The summed E-state index contributed by atoms with van der Waals surface area (Å²) >= 11 is 1.57. The Morgan fingerprint density at radius 1 is 1.24 bits per heavy atom. The molecule has 1 aromatic carbocycles. The number of hydrogen-bond donors (Lipinski definition) is 1. The molecule has 1 atom stereocenters. The van der Waals surface area contributed by atoms with E-state index in [1.54, 1.807) is 11.3 Å². The minimum atomic E-state index is -0.549. The Balaban J connectivity index is 2.30. The highest BCUT2D eigenvalue weighted by molar-refractivity contribution is 7.11. The molecule has 1 aromatic heterocycles. The molecule has 17 heavy (non-hydrogen) atoms. The minimum Gasteiger partial charge on any atom is -0.383 e. The summed E-state index contributed by atoms with van der Waals surface area (Å²) in [6, 6.07) is 8.14. The Morgan fingerprint density at radius 2 is 1.88 bits per heavy atom. The van der Waals surface area contributed by atoms with Gasteiger partial charge in [0, 0.05) is 0 Å². The van der Waals surface area contributed by atoms with E-state index in [0.717, 1.165) is 27.6 Å². The van der Waals surface area contributed by atoms with Gasteiger partial charge < -0.3 is 5.11 Å². The fraction of sp³-hybridized carbons (Fsp3) is 0.357. The van der Waals surface area contributed by atoms with Crippen LogP contribution in [-0.2, 0) is 6.42 Å². The number of hydrogen-bond acceptors (Lipinski definition) is 3. The number of thiazole rings is 1. The zero-order chi connectivity index (χ0) is 12.4. The Kier molecular flexibility index (Phi) is 3.60. The maximum absolute atomic E-state index is 10.3. The summed E-state index contributed by atoms with van der Waals surface area (Å²) in [5, 5.41) is 11.3. The van der Waals surface area contributed by atoms with E-state index in [1.165, 1.54) is 5.56 Å². The average molecular weight is 247 g/mol. The largest absolute Gasteiger partial charge is 0.383 e. The number of nitrogens with zero attached hydrogens (tertiary/aromatic N) is 1. The second kappa shape index (κ2) is 4.98. The first kappa shape index (κ1) is 12.3. The molecule has 2 nitrogen and oxygen atoms in total. The summed E-state index contributed by atoms with van der Waals surface area (Å²) in [6.45, 7) is 6.04. The van der Waals surface area contributed by atoms with Crippen LogP contribution < -0.4 is 0 Å². The summed E-state index contributed by atoms with van der Waals surface area (Å²) < 4.78 is 0. The Hall–Kier alpha value is -1.19. The van der Waals surface area contributed by atoms with Crippen LogP contribution >= 0.6 is 11.3 Å². The molecule has 1 unspecified atom stereocenters. The maximum atomic E-state index is 10.3. The Morgan fingerprint density at radius 3 is 2.35 bits per heavy atom. The van der Waals surface area contributed by atoms with E-state index in [-0.39, 0.29) is 0 Å². The average Bonchev–Trinajstić information content (AvgIpc) is 2.68. The van der Waals surface area contributed by atoms with E-state index in [1.807, 2.05) is 26.0 Å². The molecule has 2 aromatic rings. The van der Waals surface area contributed by atoms with Gasteiger partial charge in [0.2, 0.25) is 0 Å². The van der Waals surface area contributed by atoms with Gasteiger partial charge in [0.15, 0.2) is 0 Å². The molecule has 0 spiro atoms. The molecule has 1 heterocycles. The van der Waals surface area contributed by atoms with Crippen LogP contribution in [0.4, 0.5) is 0 Å². The van der Waals surface area contributed by atoms with Gasteiger partial charge in [-0.1, -0.05) is 31.2 Å². The van der Waals surface area contributed by atoms with Crippen LogP contribution in [0.15, 0.2) is 24.3 Å². The molecule has 3 heteroatoms. The molecule has 90 valence electrons. The summed E-state index contributed by atoms with van der Waals surface area (Å²) in [7, 11) is 0. The van der Waals surface area contributed by atoms with Crippen molar-refractivity contribution in [3.05, 3.63) is 51.0 Å². The molecule has 0 aliphatic heterocycles. The summed E-state index contributed by atoms with van der Waals surface area (Å²) in [5.74, 6) is 0. The number of aliphatic hydroxyl groups excluding tert-OH is 1. The highest BCUT2D eigenvalue weighted by Crippen LogP contribution is 2.29. The molecule has 0 saturated heterocycles. The fourth-order valence-electron chi connectivity index (χ4n) is 1.89. The highest BCUT2D eigenvalue weighted by atomic mass is 32.1. The first-order chi connectivity index (χ1) is 8.11. The van der Waals surface area contributed by atoms with Crippen molar-refractivity contribution in [2.45, 2.75) is 33.3 Å². The van der Waals surface area contributed by atoms with E-state index < -0.39 is 6.10 Å². The maximum Gasteiger partial charge on any atom is 0.115 e. The van der Waals surface area contributed by atoms with Crippen LogP contribution in [0.3, 0.4) is 0 Å². The van der Waals surface area contributed by atoms with Crippen molar-refractivity contribution >= 4 is 11.3 Å². The monoisotopic (exact) mass is 247 g/mol. The predicted octanol–water partition coefficient (Wildman–Crippen LogP) is 3.40. The first-order valence-corrected chi connectivity index (χ1v) is 6.64. The van der Waals surface area contributed by atoms with E-state index in [0.29, 0.717) is 0 Å². The van der Waals surface area contributed by atoms with Gasteiger partial charge in [0.05, 0.1) is 15.6 Å². The van der Waals surface area contributed by atoms with E-state index in [4.69, 9.17) is 0 Å². The Bertz CT molecular complexity index is 501. The van der Waals surface area contributed by atoms with Crippen molar-refractivity contribution in [3.63, 3.8) is 0 Å². The van der Waals surface area contributed by atoms with Crippen LogP contribution in [0.5, 0.6) is 0 Å². The smallest absolute Gasteiger partial charge is 0.115 e. The zero-order valence-corrected chi connectivity index (χ0v) is 11.2. The van der Waals surface area contributed by atoms with Gasteiger partial charge in [-0.2, -0.15) is 0 Å². The molecule has 0 bridgehead atoms. The molecule has 0 saturated carbocycles. The molecular weight excluding hydrogens is 230 g/mol. The molecule has 1 N–H and O–H groups in total. The van der Waals surface area contributed by atoms with Crippen molar-refractivity contribution in [2.24, 2.45) is 0 Å². The van der Waals surface area contributed by atoms with Crippen LogP contribution in [0.2, 0.25) is 0 Å². The number of benzene rings is 1. The molecule has 0 aliphatic carbocycles. The van der Waals surface area contributed by atoms with Crippen molar-refractivity contribution in [1.29, 1.82) is 0 Å².